The molecular formula is C9H17O. The normalized spacial score (nSPS) is 13.0. The van der Waals surface area contributed by atoms with Crippen LogP contribution in [0.3, 0.4) is 0 Å². The molecule has 0 aliphatic heterocycles. The lowest BCUT2D eigenvalue weighted by atomic mass is 10.1. The third-order valence-electron chi connectivity index (χ3n) is 1.60. The lowest BCUT2D eigenvalue weighted by molar-refractivity contribution is 0.0882. The van der Waals surface area contributed by atoms with Gasteiger partial charge in [-0.25, -0.2) is 0 Å². The van der Waals surface area contributed by atoms with Crippen molar-refractivity contribution in [3.63, 3.8) is 0 Å². The number of hydrogen-bond acceptors (Lipinski definition) is 1. The van der Waals surface area contributed by atoms with Crippen LogP contribution in [0.1, 0.15) is 32.6 Å². The predicted octanol–water partition coefficient (Wildman–Crippen LogP) is 2.57. The Morgan fingerprint density at radius 1 is 1.50 bits per heavy atom. The van der Waals surface area contributed by atoms with Crippen LogP contribution in [-0.2, 0) is 4.74 Å². The topological polar surface area (TPSA) is 9.23 Å². The molecule has 0 aromatic carbocycles. The van der Waals surface area contributed by atoms with E-state index in [1.165, 1.54) is 6.42 Å². The van der Waals surface area contributed by atoms with Crippen LogP contribution in [0.5, 0.6) is 0 Å². The summed E-state index contributed by atoms with van der Waals surface area (Å²) in [5.74, 6) is 0. The number of rotatable bonds is 6. The van der Waals surface area contributed by atoms with E-state index in [9.17, 15) is 0 Å². The van der Waals surface area contributed by atoms with Crippen LogP contribution in [0.25, 0.3) is 0 Å². The van der Waals surface area contributed by atoms with Gasteiger partial charge in [-0.05, 0) is 19.3 Å². The highest BCUT2D eigenvalue weighted by atomic mass is 16.5. The van der Waals surface area contributed by atoms with Crippen LogP contribution in [0.4, 0.5) is 0 Å². The Morgan fingerprint density at radius 3 is 2.60 bits per heavy atom. The SMILES string of the molecule is [CH]=CCCC(CCC)OC. The van der Waals surface area contributed by atoms with Crippen molar-refractivity contribution in [1.82, 2.24) is 0 Å². The van der Waals surface area contributed by atoms with Crippen molar-refractivity contribution in [2.75, 3.05) is 7.11 Å². The van der Waals surface area contributed by atoms with Gasteiger partial charge in [-0.15, -0.1) is 0 Å². The minimum absolute atomic E-state index is 0.407. The molecule has 1 atom stereocenters. The fourth-order valence-electron chi connectivity index (χ4n) is 0.984. The largest absolute Gasteiger partial charge is 0.381 e. The second kappa shape index (κ2) is 6.81. The van der Waals surface area contributed by atoms with Gasteiger partial charge in [0.25, 0.3) is 0 Å². The van der Waals surface area contributed by atoms with Gasteiger partial charge in [0.1, 0.15) is 0 Å². The molecule has 0 aliphatic carbocycles. The molecule has 10 heavy (non-hydrogen) atoms. The Hall–Kier alpha value is -0.300. The smallest absolute Gasteiger partial charge is 0.0574 e. The molecule has 0 saturated heterocycles. The predicted molar refractivity (Wildman–Crippen MR) is 43.8 cm³/mol. The van der Waals surface area contributed by atoms with Gasteiger partial charge in [-0.3, -0.25) is 0 Å². The number of hydrogen-bond donors (Lipinski definition) is 0. The highest BCUT2D eigenvalue weighted by Crippen LogP contribution is 2.07. The van der Waals surface area contributed by atoms with Crippen molar-refractivity contribution in [2.24, 2.45) is 0 Å². The zero-order valence-electron chi connectivity index (χ0n) is 6.97. The first-order valence-electron chi connectivity index (χ1n) is 3.91. The maximum atomic E-state index is 5.25. The van der Waals surface area contributed by atoms with Crippen molar-refractivity contribution in [2.45, 2.75) is 38.7 Å². The highest BCUT2D eigenvalue weighted by molar-refractivity contribution is 4.66. The van der Waals surface area contributed by atoms with Gasteiger partial charge in [0, 0.05) is 7.11 Å². The molecule has 0 aromatic rings. The van der Waals surface area contributed by atoms with Gasteiger partial charge in [0.2, 0.25) is 0 Å². The van der Waals surface area contributed by atoms with Crippen LogP contribution in [0.15, 0.2) is 6.08 Å². The summed E-state index contributed by atoms with van der Waals surface area (Å²) in [7, 11) is 1.76. The molecule has 0 bridgehead atoms. The fourth-order valence-corrected chi connectivity index (χ4v) is 0.984. The maximum absolute atomic E-state index is 5.25. The summed E-state index contributed by atoms with van der Waals surface area (Å²) < 4.78 is 5.22. The summed E-state index contributed by atoms with van der Waals surface area (Å²) in [5.41, 5.74) is 0. The Kier molecular flexibility index (Phi) is 6.61. The van der Waals surface area contributed by atoms with E-state index in [0.717, 1.165) is 19.3 Å². The molecule has 59 valence electrons. The van der Waals surface area contributed by atoms with Crippen LogP contribution >= 0.6 is 0 Å². The minimum Gasteiger partial charge on any atom is -0.381 e. The Morgan fingerprint density at radius 2 is 2.20 bits per heavy atom. The van der Waals surface area contributed by atoms with E-state index in [-0.39, 0.29) is 0 Å². The second-order valence-electron chi connectivity index (χ2n) is 2.46. The molecular weight excluding hydrogens is 124 g/mol. The molecule has 1 heteroatoms. The van der Waals surface area contributed by atoms with Crippen molar-refractivity contribution in [3.05, 3.63) is 12.7 Å². The quantitative estimate of drug-likeness (QED) is 0.552. The molecule has 0 aromatic heterocycles. The molecule has 0 aliphatic rings. The van der Waals surface area contributed by atoms with Gasteiger partial charge in [-0.1, -0.05) is 26.0 Å². The summed E-state index contributed by atoms with van der Waals surface area (Å²) >= 11 is 0. The van der Waals surface area contributed by atoms with E-state index in [2.05, 4.69) is 6.92 Å². The van der Waals surface area contributed by atoms with Gasteiger partial charge in [0.05, 0.1) is 6.10 Å². The van der Waals surface area contributed by atoms with E-state index >= 15 is 0 Å². The van der Waals surface area contributed by atoms with E-state index in [1.807, 2.05) is 0 Å². The lowest BCUT2D eigenvalue weighted by Gasteiger charge is -2.11. The molecule has 1 nitrogen and oxygen atoms in total. The summed E-state index contributed by atoms with van der Waals surface area (Å²) in [6, 6.07) is 0. The molecule has 0 fully saturated rings. The minimum atomic E-state index is 0.407. The standard InChI is InChI=1S/C9H17O/c1-4-6-8-9(10-3)7-5-2/h1,4,9H,5-8H2,2-3H3. The highest BCUT2D eigenvalue weighted by Gasteiger charge is 2.02. The maximum Gasteiger partial charge on any atom is 0.0574 e. The van der Waals surface area contributed by atoms with Crippen LogP contribution in [0.2, 0.25) is 0 Å². The second-order valence-corrected chi connectivity index (χ2v) is 2.46. The fraction of sp³-hybridized carbons (Fsp3) is 0.778. The van der Waals surface area contributed by atoms with Crippen molar-refractivity contribution >= 4 is 0 Å². The third kappa shape index (κ3) is 4.57. The van der Waals surface area contributed by atoms with E-state index in [0.29, 0.717) is 6.10 Å². The van der Waals surface area contributed by atoms with Crippen LogP contribution in [0, 0.1) is 6.58 Å². The summed E-state index contributed by atoms with van der Waals surface area (Å²) in [4.78, 5) is 0. The van der Waals surface area contributed by atoms with Crippen molar-refractivity contribution < 1.29 is 4.74 Å². The van der Waals surface area contributed by atoms with E-state index < -0.39 is 0 Å². The molecule has 1 radical (unpaired) electrons. The first kappa shape index (κ1) is 9.70. The molecule has 0 heterocycles. The monoisotopic (exact) mass is 141 g/mol. The van der Waals surface area contributed by atoms with Gasteiger partial charge in [0.15, 0.2) is 0 Å². The third-order valence-corrected chi connectivity index (χ3v) is 1.60. The Labute approximate surface area is 64.1 Å². The molecule has 0 saturated carbocycles. The van der Waals surface area contributed by atoms with Crippen LogP contribution in [-0.4, -0.2) is 13.2 Å². The van der Waals surface area contributed by atoms with Gasteiger partial charge >= 0.3 is 0 Å². The number of ether oxygens (including phenoxy) is 1. The van der Waals surface area contributed by atoms with Gasteiger partial charge < -0.3 is 4.74 Å². The van der Waals surface area contributed by atoms with Crippen molar-refractivity contribution in [3.8, 4) is 0 Å². The van der Waals surface area contributed by atoms with Crippen molar-refractivity contribution in [1.29, 1.82) is 0 Å². The molecule has 0 N–H and O–H groups in total. The molecule has 0 rings (SSSR count). The summed E-state index contributed by atoms with van der Waals surface area (Å²) in [6.07, 6.45) is 6.44. The summed E-state index contributed by atoms with van der Waals surface area (Å²) in [6.45, 7) is 7.41. The molecule has 0 spiro atoms. The lowest BCUT2D eigenvalue weighted by Crippen LogP contribution is -2.08. The van der Waals surface area contributed by atoms with Crippen LogP contribution < -0.4 is 0 Å². The molecule has 1 unspecified atom stereocenters. The first-order valence-corrected chi connectivity index (χ1v) is 3.91. The summed E-state index contributed by atoms with van der Waals surface area (Å²) in [5, 5.41) is 0. The Balaban J connectivity index is 3.29. The number of methoxy groups -OCH3 is 1. The number of allylic oxidation sites excluding steroid dienone is 1. The van der Waals surface area contributed by atoms with E-state index in [4.69, 9.17) is 11.3 Å². The van der Waals surface area contributed by atoms with E-state index in [1.54, 1.807) is 13.2 Å². The first-order chi connectivity index (χ1) is 4.85. The Bertz CT molecular complexity index is 78.8. The van der Waals surface area contributed by atoms with Gasteiger partial charge in [-0.2, -0.15) is 0 Å². The average molecular weight is 141 g/mol. The zero-order valence-corrected chi connectivity index (χ0v) is 6.97. The zero-order chi connectivity index (χ0) is 7.82. The molecule has 0 amide bonds. The average Bonchev–Trinajstić information content (AvgIpc) is 1.98.